The first-order valence-electron chi connectivity index (χ1n) is 19.7. The van der Waals surface area contributed by atoms with Gasteiger partial charge in [-0.3, -0.25) is 4.57 Å². The summed E-state index contributed by atoms with van der Waals surface area (Å²) < 4.78 is 11.3. The lowest BCUT2D eigenvalue weighted by Crippen LogP contribution is -2.28. The van der Waals surface area contributed by atoms with Crippen molar-refractivity contribution in [1.82, 2.24) is 19.3 Å². The lowest BCUT2D eigenvalue weighted by atomic mass is 9.65. The van der Waals surface area contributed by atoms with Crippen LogP contribution in [0.2, 0.25) is 0 Å². The molecule has 7 rings (SSSR count). The number of hydrogen-bond donors (Lipinski definition) is 0. The van der Waals surface area contributed by atoms with E-state index in [9.17, 15) is 0 Å². The van der Waals surface area contributed by atoms with Gasteiger partial charge in [-0.15, -0.1) is 0 Å². The molecule has 0 fully saturated rings. The standard InChI is InChI=1S/C48H58N4O/c1-12-13-16-34-21-22-49-44(25-34)51-42-18-15-14-17-40(42)41-20-19-38(29-43(41)51)53-39-27-36(48(9,10)11)26-37(28-39)52-33(5)46(32(4)50-52)45-30(2)23-35(24-31(45)3)47(6,7)8/h14-15,17-23,25-29,31,35,45H,12-13,16,24H2,1-11H3/t31-,35-,45-/m0/s1. The molecule has 3 aromatic heterocycles. The minimum absolute atomic E-state index is 0.0862. The first-order valence-corrected chi connectivity index (χ1v) is 19.7. The van der Waals surface area contributed by atoms with Gasteiger partial charge in [0.2, 0.25) is 0 Å². The van der Waals surface area contributed by atoms with Crippen molar-refractivity contribution in [2.45, 2.75) is 113 Å². The fourth-order valence-electron chi connectivity index (χ4n) is 8.66. The number of unbranched alkanes of at least 4 members (excludes halogenated alkanes) is 1. The second kappa shape index (κ2) is 14.0. The van der Waals surface area contributed by atoms with E-state index in [0.29, 0.717) is 17.8 Å². The van der Waals surface area contributed by atoms with Crippen molar-refractivity contribution in [2.24, 2.45) is 17.3 Å². The molecular formula is C48H58N4O. The van der Waals surface area contributed by atoms with Crippen LogP contribution in [0.3, 0.4) is 0 Å². The second-order valence-corrected chi connectivity index (χ2v) is 17.8. The molecule has 5 heteroatoms. The van der Waals surface area contributed by atoms with Crippen molar-refractivity contribution < 1.29 is 4.74 Å². The average molecular weight is 707 g/mol. The van der Waals surface area contributed by atoms with Crippen molar-refractivity contribution in [3.05, 3.63) is 119 Å². The van der Waals surface area contributed by atoms with Gasteiger partial charge in [-0.1, -0.05) is 91.7 Å². The lowest BCUT2D eigenvalue weighted by Gasteiger charge is -2.39. The molecular weight excluding hydrogens is 649 g/mol. The number of fused-ring (bicyclic) bond motifs is 3. The van der Waals surface area contributed by atoms with Crippen LogP contribution in [0.1, 0.15) is 116 Å². The summed E-state index contributed by atoms with van der Waals surface area (Å²) in [5.74, 6) is 4.02. The summed E-state index contributed by atoms with van der Waals surface area (Å²) in [5, 5.41) is 7.61. The van der Waals surface area contributed by atoms with Gasteiger partial charge in [0.05, 0.1) is 22.4 Å². The van der Waals surface area contributed by atoms with Crippen LogP contribution in [-0.2, 0) is 11.8 Å². The average Bonchev–Trinajstić information content (AvgIpc) is 3.59. The molecule has 0 aliphatic heterocycles. The van der Waals surface area contributed by atoms with E-state index in [-0.39, 0.29) is 10.8 Å². The fraction of sp³-hybridized carbons (Fsp3) is 0.417. The number of aromatic nitrogens is 4. The fourth-order valence-corrected chi connectivity index (χ4v) is 8.66. The normalized spacial score (nSPS) is 18.2. The van der Waals surface area contributed by atoms with Gasteiger partial charge in [-0.2, -0.15) is 5.10 Å². The molecule has 1 aliphatic rings. The monoisotopic (exact) mass is 706 g/mol. The van der Waals surface area contributed by atoms with Gasteiger partial charge in [0.15, 0.2) is 0 Å². The Kier molecular flexibility index (Phi) is 9.68. The van der Waals surface area contributed by atoms with Crippen LogP contribution < -0.4 is 4.74 Å². The number of aryl methyl sites for hydroxylation is 2. The van der Waals surface area contributed by atoms with Gasteiger partial charge in [0.1, 0.15) is 17.3 Å². The SMILES string of the molecule is CCCCc1ccnc(-n2c3ccccc3c3ccc(Oc4cc(-n5nc(C)c([C@H]6C(C)=C[C@H](C(C)(C)C)C[C@@H]6C)c5C)cc(C(C)(C)C)c4)cc32)c1. The predicted octanol–water partition coefficient (Wildman–Crippen LogP) is 13.1. The highest BCUT2D eigenvalue weighted by Crippen LogP contribution is 2.47. The first-order chi connectivity index (χ1) is 25.1. The Balaban J connectivity index is 1.30. The highest BCUT2D eigenvalue weighted by atomic mass is 16.5. The highest BCUT2D eigenvalue weighted by Gasteiger charge is 2.36. The molecule has 276 valence electrons. The van der Waals surface area contributed by atoms with E-state index in [1.54, 1.807) is 0 Å². The van der Waals surface area contributed by atoms with Crippen LogP contribution in [0.5, 0.6) is 11.5 Å². The number of para-hydroxylation sites is 1. The van der Waals surface area contributed by atoms with Crippen LogP contribution in [0, 0.1) is 31.1 Å². The molecule has 0 amide bonds. The van der Waals surface area contributed by atoms with E-state index in [1.165, 1.54) is 51.6 Å². The molecule has 0 saturated carbocycles. The molecule has 0 spiro atoms. The molecule has 3 atom stereocenters. The summed E-state index contributed by atoms with van der Waals surface area (Å²) in [4.78, 5) is 4.87. The van der Waals surface area contributed by atoms with Gasteiger partial charge in [0.25, 0.3) is 0 Å². The first kappa shape index (κ1) is 36.7. The minimum Gasteiger partial charge on any atom is -0.457 e. The predicted molar refractivity (Wildman–Crippen MR) is 222 cm³/mol. The molecule has 0 N–H and O–H groups in total. The molecule has 5 nitrogen and oxygen atoms in total. The quantitative estimate of drug-likeness (QED) is 0.148. The number of allylic oxidation sites excluding steroid dienone is 2. The Morgan fingerprint density at radius 3 is 2.30 bits per heavy atom. The third-order valence-electron chi connectivity index (χ3n) is 11.7. The Morgan fingerprint density at radius 1 is 0.830 bits per heavy atom. The Morgan fingerprint density at radius 2 is 1.58 bits per heavy atom. The summed E-state index contributed by atoms with van der Waals surface area (Å²) in [5.41, 5.74) is 11.1. The molecule has 3 heterocycles. The van der Waals surface area contributed by atoms with Gasteiger partial charge >= 0.3 is 0 Å². The maximum Gasteiger partial charge on any atom is 0.137 e. The summed E-state index contributed by atoms with van der Waals surface area (Å²) in [6.07, 6.45) is 9.06. The number of ether oxygens (including phenoxy) is 1. The van der Waals surface area contributed by atoms with Crippen LogP contribution in [-0.4, -0.2) is 19.3 Å². The number of pyridine rings is 1. The molecule has 0 bridgehead atoms. The van der Waals surface area contributed by atoms with E-state index < -0.39 is 0 Å². The van der Waals surface area contributed by atoms with E-state index in [4.69, 9.17) is 14.8 Å². The van der Waals surface area contributed by atoms with Crippen LogP contribution in [0.4, 0.5) is 0 Å². The maximum atomic E-state index is 6.84. The molecule has 0 saturated heterocycles. The zero-order valence-corrected chi connectivity index (χ0v) is 33.8. The number of rotatable bonds is 8. The van der Waals surface area contributed by atoms with Crippen molar-refractivity contribution >= 4 is 21.8 Å². The second-order valence-electron chi connectivity index (χ2n) is 17.8. The van der Waals surface area contributed by atoms with Crippen LogP contribution in [0.15, 0.2) is 90.6 Å². The highest BCUT2D eigenvalue weighted by molar-refractivity contribution is 6.09. The van der Waals surface area contributed by atoms with E-state index in [0.717, 1.165) is 52.6 Å². The largest absolute Gasteiger partial charge is 0.457 e. The molecule has 6 aromatic rings. The van der Waals surface area contributed by atoms with Gasteiger partial charge in [-0.25, -0.2) is 9.67 Å². The Hall–Kier alpha value is -4.64. The third-order valence-corrected chi connectivity index (χ3v) is 11.7. The van der Waals surface area contributed by atoms with E-state index in [2.05, 4.69) is 164 Å². The smallest absolute Gasteiger partial charge is 0.137 e. The minimum atomic E-state index is -0.0862. The zero-order chi connectivity index (χ0) is 37.8. The Bertz CT molecular complexity index is 2320. The summed E-state index contributed by atoms with van der Waals surface area (Å²) in [6, 6.07) is 26.1. The lowest BCUT2D eigenvalue weighted by molar-refractivity contribution is 0.224. The van der Waals surface area contributed by atoms with Crippen LogP contribution >= 0.6 is 0 Å². The van der Waals surface area contributed by atoms with Gasteiger partial charge in [0, 0.05) is 46.3 Å². The molecule has 0 radical (unpaired) electrons. The number of nitrogens with zero attached hydrogens (tertiary/aromatic N) is 4. The van der Waals surface area contributed by atoms with Gasteiger partial charge < -0.3 is 4.74 Å². The molecule has 1 aliphatic carbocycles. The van der Waals surface area contributed by atoms with Crippen LogP contribution in [0.25, 0.3) is 33.3 Å². The van der Waals surface area contributed by atoms with Crippen molar-refractivity contribution in [3.8, 4) is 23.0 Å². The van der Waals surface area contributed by atoms with Crippen molar-refractivity contribution in [3.63, 3.8) is 0 Å². The Labute approximate surface area is 317 Å². The topological polar surface area (TPSA) is 44.9 Å². The summed E-state index contributed by atoms with van der Waals surface area (Å²) in [7, 11) is 0. The molecule has 3 aromatic carbocycles. The van der Waals surface area contributed by atoms with Crippen molar-refractivity contribution in [2.75, 3.05) is 0 Å². The summed E-state index contributed by atoms with van der Waals surface area (Å²) in [6.45, 7) is 25.3. The van der Waals surface area contributed by atoms with E-state index in [1.807, 2.05) is 6.20 Å². The maximum absolute atomic E-state index is 6.84. The molecule has 0 unspecified atom stereocenters. The van der Waals surface area contributed by atoms with E-state index >= 15 is 0 Å². The third kappa shape index (κ3) is 7.07. The zero-order valence-electron chi connectivity index (χ0n) is 33.8. The van der Waals surface area contributed by atoms with Crippen molar-refractivity contribution in [1.29, 1.82) is 0 Å². The summed E-state index contributed by atoms with van der Waals surface area (Å²) >= 11 is 0. The number of benzene rings is 3. The van der Waals surface area contributed by atoms with Gasteiger partial charge in [-0.05, 0) is 116 Å². The number of hydrogen-bond acceptors (Lipinski definition) is 3. The molecule has 53 heavy (non-hydrogen) atoms.